The number of nitrogens with one attached hydrogen (secondary N) is 1. The Hall–Kier alpha value is -0.130. The molecule has 5 heteroatoms. The molecule has 2 saturated heterocycles. The van der Waals surface area contributed by atoms with Gasteiger partial charge in [0.2, 0.25) is 10.0 Å². The number of fused-ring (bicyclic) bond motifs is 1. The van der Waals surface area contributed by atoms with Gasteiger partial charge in [0.1, 0.15) is 0 Å². The Morgan fingerprint density at radius 2 is 1.78 bits per heavy atom. The molecule has 0 spiro atoms. The Balaban J connectivity index is 1.32. The van der Waals surface area contributed by atoms with Gasteiger partial charge in [-0.15, -0.1) is 0 Å². The van der Waals surface area contributed by atoms with Gasteiger partial charge in [-0.05, 0) is 88.6 Å². The van der Waals surface area contributed by atoms with Crippen LogP contribution in [0.3, 0.4) is 0 Å². The Morgan fingerprint density at radius 3 is 2.44 bits per heavy atom. The van der Waals surface area contributed by atoms with E-state index in [1.54, 1.807) is 0 Å². The van der Waals surface area contributed by atoms with Crippen molar-refractivity contribution < 1.29 is 8.42 Å². The first-order chi connectivity index (χ1) is 12.8. The van der Waals surface area contributed by atoms with Gasteiger partial charge in [0.05, 0.1) is 5.25 Å². The van der Waals surface area contributed by atoms with Crippen LogP contribution in [-0.2, 0) is 10.0 Å². The molecule has 0 amide bonds. The highest BCUT2D eigenvalue weighted by Crippen LogP contribution is 2.44. The van der Waals surface area contributed by atoms with Gasteiger partial charge in [0.15, 0.2) is 0 Å². The van der Waals surface area contributed by atoms with Gasteiger partial charge in [-0.1, -0.05) is 33.6 Å². The maximum atomic E-state index is 12.4. The van der Waals surface area contributed by atoms with Crippen molar-refractivity contribution in [2.24, 2.45) is 17.8 Å². The Kier molecular flexibility index (Phi) is 7.29. The van der Waals surface area contributed by atoms with Gasteiger partial charge >= 0.3 is 0 Å². The normalized spacial score (nSPS) is 28.6. The third-order valence-electron chi connectivity index (χ3n) is 7.37. The fraction of sp³-hybridized carbons (Fsp3) is 1.00. The molecule has 0 aromatic rings. The van der Waals surface area contributed by atoms with Crippen LogP contribution < -0.4 is 4.72 Å². The van der Waals surface area contributed by atoms with Crippen LogP contribution in [0, 0.1) is 17.8 Å². The molecule has 3 fully saturated rings. The van der Waals surface area contributed by atoms with E-state index in [2.05, 4.69) is 30.4 Å². The van der Waals surface area contributed by atoms with Gasteiger partial charge in [0.25, 0.3) is 0 Å². The lowest BCUT2D eigenvalue weighted by molar-refractivity contribution is 0.174. The molecular formula is C22H42N2O2S. The molecule has 0 bridgehead atoms. The van der Waals surface area contributed by atoms with E-state index in [0.717, 1.165) is 25.7 Å². The lowest BCUT2D eigenvalue weighted by Gasteiger charge is -2.32. The zero-order valence-electron chi connectivity index (χ0n) is 17.9. The molecule has 1 saturated carbocycles. The van der Waals surface area contributed by atoms with Gasteiger partial charge in [-0.3, -0.25) is 4.90 Å². The van der Waals surface area contributed by atoms with E-state index in [-0.39, 0.29) is 5.25 Å². The van der Waals surface area contributed by atoms with Gasteiger partial charge in [-0.25, -0.2) is 13.1 Å². The first-order valence-electron chi connectivity index (χ1n) is 11.6. The molecule has 0 radical (unpaired) electrons. The minimum absolute atomic E-state index is 0.113. The van der Waals surface area contributed by atoms with Crippen molar-refractivity contribution in [1.82, 2.24) is 9.62 Å². The second-order valence-electron chi connectivity index (χ2n) is 10.2. The molecule has 0 aromatic heterocycles. The number of nitrogens with zero attached hydrogens (tertiary/aromatic N) is 1. The van der Waals surface area contributed by atoms with E-state index in [9.17, 15) is 8.42 Å². The van der Waals surface area contributed by atoms with Gasteiger partial charge < -0.3 is 0 Å². The largest absolute Gasteiger partial charge is 0.298 e. The number of sulfonamides is 1. The zero-order valence-corrected chi connectivity index (χ0v) is 18.7. The number of hydrogen-bond acceptors (Lipinski definition) is 3. The quantitative estimate of drug-likeness (QED) is 0.490. The summed E-state index contributed by atoms with van der Waals surface area (Å²) in [6.07, 6.45) is 13.5. The Bertz CT molecular complexity index is 565. The van der Waals surface area contributed by atoms with E-state index in [1.807, 2.05) is 0 Å². The highest BCUT2D eigenvalue weighted by atomic mass is 32.2. The standard InChI is InChI=1S/C22H42N2O2S/c1-18(2)8-5-13-23-27(25,26)21-17-20(21)16-19(3)9-4-10-22-11-6-14-24(22)15-7-12-22/h18-21,23H,4-17H2,1-3H3/t19-,20?,21?/m1/s1. The minimum atomic E-state index is -3.08. The number of hydrogen-bond donors (Lipinski definition) is 1. The summed E-state index contributed by atoms with van der Waals surface area (Å²) < 4.78 is 27.7. The maximum Gasteiger partial charge on any atom is 0.214 e. The molecular weight excluding hydrogens is 356 g/mol. The fourth-order valence-corrected chi connectivity index (χ4v) is 7.49. The molecule has 1 N–H and O–H groups in total. The van der Waals surface area contributed by atoms with Crippen LogP contribution in [0.5, 0.6) is 0 Å². The van der Waals surface area contributed by atoms with Crippen molar-refractivity contribution in [2.75, 3.05) is 19.6 Å². The first kappa shape index (κ1) is 21.6. The molecule has 27 heavy (non-hydrogen) atoms. The SMILES string of the molecule is CC(C)CCCNS(=O)(=O)C1CC1C[C@H](C)CCCC12CCCN1CCC2. The molecule has 3 aliphatic rings. The summed E-state index contributed by atoms with van der Waals surface area (Å²) >= 11 is 0. The van der Waals surface area contributed by atoms with Crippen molar-refractivity contribution >= 4 is 10.0 Å². The van der Waals surface area contributed by atoms with E-state index in [4.69, 9.17) is 0 Å². The van der Waals surface area contributed by atoms with Crippen molar-refractivity contribution in [2.45, 2.75) is 102 Å². The van der Waals surface area contributed by atoms with Crippen molar-refractivity contribution in [3.05, 3.63) is 0 Å². The highest BCUT2D eigenvalue weighted by Gasteiger charge is 2.47. The maximum absolute atomic E-state index is 12.4. The van der Waals surface area contributed by atoms with E-state index >= 15 is 0 Å². The summed E-state index contributed by atoms with van der Waals surface area (Å²) in [4.78, 5) is 2.76. The highest BCUT2D eigenvalue weighted by molar-refractivity contribution is 7.90. The van der Waals surface area contributed by atoms with Crippen LogP contribution >= 0.6 is 0 Å². The molecule has 2 heterocycles. The van der Waals surface area contributed by atoms with Crippen LogP contribution in [0.4, 0.5) is 0 Å². The van der Waals surface area contributed by atoms with Gasteiger partial charge in [0, 0.05) is 12.1 Å². The second kappa shape index (κ2) is 9.13. The summed E-state index contributed by atoms with van der Waals surface area (Å²) in [7, 11) is -3.08. The summed E-state index contributed by atoms with van der Waals surface area (Å²) in [5.41, 5.74) is 0.547. The molecule has 1 aliphatic carbocycles. The predicted octanol–water partition coefficient (Wildman–Crippen LogP) is 4.56. The molecule has 0 aromatic carbocycles. The van der Waals surface area contributed by atoms with Crippen molar-refractivity contribution in [3.63, 3.8) is 0 Å². The predicted molar refractivity (Wildman–Crippen MR) is 113 cm³/mol. The Labute approximate surface area is 167 Å². The molecule has 2 aliphatic heterocycles. The zero-order chi connectivity index (χ0) is 19.5. The molecule has 2 unspecified atom stereocenters. The van der Waals surface area contributed by atoms with Crippen LogP contribution in [0.1, 0.15) is 91.4 Å². The average molecular weight is 399 g/mol. The first-order valence-corrected chi connectivity index (χ1v) is 13.1. The van der Waals surface area contributed by atoms with E-state index < -0.39 is 10.0 Å². The average Bonchev–Trinajstić information content (AvgIpc) is 3.08. The molecule has 3 rings (SSSR count). The monoisotopic (exact) mass is 398 g/mol. The third-order valence-corrected chi connectivity index (χ3v) is 9.35. The minimum Gasteiger partial charge on any atom is -0.298 e. The second-order valence-corrected chi connectivity index (χ2v) is 12.1. The third kappa shape index (κ3) is 5.70. The van der Waals surface area contributed by atoms with Crippen LogP contribution in [0.15, 0.2) is 0 Å². The number of rotatable bonds is 12. The summed E-state index contributed by atoms with van der Waals surface area (Å²) in [6.45, 7) is 9.95. The smallest absolute Gasteiger partial charge is 0.214 e. The Morgan fingerprint density at radius 1 is 1.07 bits per heavy atom. The van der Waals surface area contributed by atoms with Crippen LogP contribution in [0.25, 0.3) is 0 Å². The summed E-state index contributed by atoms with van der Waals surface area (Å²) in [6, 6.07) is 0. The van der Waals surface area contributed by atoms with Gasteiger partial charge in [-0.2, -0.15) is 0 Å². The molecule has 3 atom stereocenters. The van der Waals surface area contributed by atoms with Crippen LogP contribution in [-0.4, -0.2) is 43.7 Å². The van der Waals surface area contributed by atoms with Crippen molar-refractivity contribution in [1.29, 1.82) is 0 Å². The summed E-state index contributed by atoms with van der Waals surface area (Å²) in [5.74, 6) is 1.70. The molecule has 4 nitrogen and oxygen atoms in total. The fourth-order valence-electron chi connectivity index (χ4n) is 5.73. The van der Waals surface area contributed by atoms with Crippen LogP contribution in [0.2, 0.25) is 0 Å². The summed E-state index contributed by atoms with van der Waals surface area (Å²) in [5, 5.41) is -0.113. The van der Waals surface area contributed by atoms with Crippen molar-refractivity contribution in [3.8, 4) is 0 Å². The van der Waals surface area contributed by atoms with E-state index in [1.165, 1.54) is 58.0 Å². The topological polar surface area (TPSA) is 49.4 Å². The lowest BCUT2D eigenvalue weighted by Crippen LogP contribution is -2.37. The molecule has 158 valence electrons. The lowest BCUT2D eigenvalue weighted by atomic mass is 9.86. The van der Waals surface area contributed by atoms with E-state index in [0.29, 0.717) is 29.8 Å².